The van der Waals surface area contributed by atoms with E-state index in [0.29, 0.717) is 9.47 Å². The molecule has 3 aliphatic rings. The molecule has 1 aromatic rings. The number of ether oxygens (including phenoxy) is 2. The fourth-order valence-corrected chi connectivity index (χ4v) is 6.21. The van der Waals surface area contributed by atoms with Crippen LogP contribution in [0.3, 0.4) is 0 Å². The Balaban J connectivity index is 0.00000337. The molecule has 0 radical (unpaired) electrons. The zero-order valence-corrected chi connectivity index (χ0v) is 28.5. The Labute approximate surface area is 289 Å². The minimum absolute atomic E-state index is 0. The molecule has 6 N–H and O–H groups in total. The average Bonchev–Trinajstić information content (AvgIpc) is 3.36. The number of rotatable bonds is 10. The predicted molar refractivity (Wildman–Crippen MR) is 123 cm³/mol. The minimum atomic E-state index is -6.03. The molecule has 11 atom stereocenters. The van der Waals surface area contributed by atoms with E-state index in [1.165, 1.54) is 0 Å². The van der Waals surface area contributed by atoms with Gasteiger partial charge < -0.3 is 49.3 Å². The van der Waals surface area contributed by atoms with Gasteiger partial charge in [-0.15, -0.1) is 0 Å². The maximum absolute atomic E-state index is 12.3. The van der Waals surface area contributed by atoms with Gasteiger partial charge in [-0.25, -0.2) is 9.11 Å². The number of hydrogen-bond acceptors (Lipinski definition) is 18. The number of carbonyl (C=O) groups is 2. The van der Waals surface area contributed by atoms with Crippen LogP contribution in [0.15, 0.2) is 34.0 Å². The van der Waals surface area contributed by atoms with E-state index in [1.807, 2.05) is 4.98 Å². The summed E-state index contributed by atoms with van der Waals surface area (Å²) in [5, 5.41) is 50.6. The third kappa shape index (κ3) is 9.12. The average molecular weight is 689 g/mol. The minimum Gasteiger partial charge on any atom is -0.756 e. The Bertz CT molecular complexity index is 1440. The number of hydrogen-bond donors (Lipinski definition) is 6. The van der Waals surface area contributed by atoms with Gasteiger partial charge in [0.05, 0.1) is 13.2 Å². The molecule has 21 nitrogen and oxygen atoms in total. The number of H-pyrrole nitrogens is 1. The first-order chi connectivity index (χ1) is 19.5. The van der Waals surface area contributed by atoms with E-state index >= 15 is 0 Å². The zero-order chi connectivity index (χ0) is 31.1. The molecule has 0 aromatic carbocycles. The van der Waals surface area contributed by atoms with Crippen LogP contribution in [0.25, 0.3) is 0 Å². The summed E-state index contributed by atoms with van der Waals surface area (Å²) >= 11 is 0. The third-order valence-electron chi connectivity index (χ3n) is 6.22. The van der Waals surface area contributed by atoms with Gasteiger partial charge in [0, 0.05) is 24.4 Å². The maximum Gasteiger partial charge on any atom is 1.00 e. The van der Waals surface area contributed by atoms with Crippen molar-refractivity contribution in [2.45, 2.75) is 55.2 Å². The Hall–Kier alpha value is -0.460. The Morgan fingerprint density at radius 3 is 2.02 bits per heavy atom. The molecule has 4 heterocycles. The van der Waals surface area contributed by atoms with Crippen molar-refractivity contribution in [3.63, 3.8) is 0 Å². The fourth-order valence-electron chi connectivity index (χ4n) is 4.13. The second-order valence-electron chi connectivity index (χ2n) is 9.08. The normalized spacial score (nSPS) is 34.6. The summed E-state index contributed by atoms with van der Waals surface area (Å²) < 4.78 is 48.1. The molecular formula is C19H23N3Na2O18P2. The van der Waals surface area contributed by atoms with Crippen LogP contribution in [-0.2, 0) is 41.6 Å². The number of carbonyl (C=O) groups excluding carboxylic acids is 2. The van der Waals surface area contributed by atoms with E-state index in [0.717, 1.165) is 24.4 Å². The summed E-state index contributed by atoms with van der Waals surface area (Å²) in [7, 11) is -11.9. The molecule has 4 rings (SSSR count). The number of aliphatic hydroxyl groups excluding tert-OH is 5. The van der Waals surface area contributed by atoms with Gasteiger partial charge in [0.15, 0.2) is 12.5 Å². The summed E-state index contributed by atoms with van der Waals surface area (Å²) in [4.78, 5) is 73.6. The van der Waals surface area contributed by atoms with Crippen molar-refractivity contribution < 1.29 is 136 Å². The van der Waals surface area contributed by atoms with Crippen LogP contribution in [0.4, 0.5) is 0 Å². The van der Waals surface area contributed by atoms with Crippen molar-refractivity contribution >= 4 is 27.5 Å². The van der Waals surface area contributed by atoms with Crippen LogP contribution in [-0.4, -0.2) is 114 Å². The largest absolute Gasteiger partial charge is 1.00 e. The summed E-state index contributed by atoms with van der Waals surface area (Å²) in [6, 6.07) is 0.899. The van der Waals surface area contributed by atoms with E-state index in [9.17, 15) is 63.6 Å². The van der Waals surface area contributed by atoms with Gasteiger partial charge in [0.2, 0.25) is 0 Å². The summed E-state index contributed by atoms with van der Waals surface area (Å²) in [5.74, 6) is -1.64. The molecule has 0 aliphatic carbocycles. The van der Waals surface area contributed by atoms with Crippen LogP contribution in [0, 0.1) is 0 Å². The standard InChI is InChI=1S/C19H25N3O18P2.2Na/c23-9-3-4-21(19(31)20-9)17-15(29)13(27)8(37-17)6-36-41(32,33)40-42(34,35)39-18-16(30)14(28)12(26)7(38-18)5-22-10(24)1-2-11(22)25;;/h1-4,7-8,12-18,26-30H,5-6H2,(H,32,33)(H,34,35)(H,20,23,31);;/q;2*+1/p-2. The number of nitrogens with one attached hydrogen (secondary N) is 1. The van der Waals surface area contributed by atoms with Crippen molar-refractivity contribution in [2.24, 2.45) is 0 Å². The molecule has 44 heavy (non-hydrogen) atoms. The van der Waals surface area contributed by atoms with Gasteiger partial charge in [-0.2, -0.15) is 0 Å². The number of aromatic nitrogens is 2. The van der Waals surface area contributed by atoms with Crippen molar-refractivity contribution in [3.8, 4) is 0 Å². The van der Waals surface area contributed by atoms with E-state index in [1.54, 1.807) is 0 Å². The molecule has 11 unspecified atom stereocenters. The molecule has 2 amide bonds. The number of phosphoric acid groups is 2. The van der Waals surface area contributed by atoms with Crippen molar-refractivity contribution in [1.29, 1.82) is 0 Å². The summed E-state index contributed by atoms with van der Waals surface area (Å²) in [6.45, 7) is -1.88. The molecule has 3 aliphatic heterocycles. The van der Waals surface area contributed by atoms with Gasteiger partial charge in [-0.05, 0) is 0 Å². The molecule has 1 aromatic heterocycles. The molecular weight excluding hydrogens is 666 g/mol. The number of imide groups is 1. The van der Waals surface area contributed by atoms with Crippen LogP contribution < -0.4 is 80.2 Å². The van der Waals surface area contributed by atoms with E-state index in [-0.39, 0.29) is 59.1 Å². The van der Waals surface area contributed by atoms with Gasteiger partial charge in [0.25, 0.3) is 33.0 Å². The molecule has 0 saturated carbocycles. The van der Waals surface area contributed by atoms with Gasteiger partial charge in [-0.3, -0.25) is 42.5 Å². The summed E-state index contributed by atoms with van der Waals surface area (Å²) in [5.41, 5.74) is -1.82. The Morgan fingerprint density at radius 1 is 0.841 bits per heavy atom. The molecule has 0 bridgehead atoms. The van der Waals surface area contributed by atoms with Crippen LogP contribution >= 0.6 is 15.6 Å². The van der Waals surface area contributed by atoms with Crippen molar-refractivity contribution in [2.75, 3.05) is 13.2 Å². The zero-order valence-electron chi connectivity index (χ0n) is 22.8. The molecule has 234 valence electrons. The Morgan fingerprint density at radius 2 is 1.43 bits per heavy atom. The number of aliphatic hydroxyl groups is 5. The molecule has 2 saturated heterocycles. The summed E-state index contributed by atoms with van der Waals surface area (Å²) in [6.07, 6.45) is -14.8. The van der Waals surface area contributed by atoms with E-state index < -0.39 is 107 Å². The molecule has 2 fully saturated rings. The smallest absolute Gasteiger partial charge is 0.756 e. The number of nitrogens with zero attached hydrogens (tertiary/aromatic N) is 2. The molecule has 25 heteroatoms. The maximum atomic E-state index is 12.3. The number of phosphoric ester groups is 2. The van der Waals surface area contributed by atoms with E-state index in [2.05, 4.69) is 13.4 Å². The quantitative estimate of drug-likeness (QED) is 0.0754. The van der Waals surface area contributed by atoms with Crippen molar-refractivity contribution in [3.05, 3.63) is 45.3 Å². The fraction of sp³-hybridized carbons (Fsp3) is 0.579. The van der Waals surface area contributed by atoms with Crippen LogP contribution in [0.5, 0.6) is 0 Å². The van der Waals surface area contributed by atoms with Gasteiger partial charge in [0.1, 0.15) is 42.7 Å². The first-order valence-corrected chi connectivity index (χ1v) is 14.6. The number of amides is 2. The predicted octanol–water partition coefficient (Wildman–Crippen LogP) is -12.1. The first kappa shape index (κ1) is 39.7. The third-order valence-corrected chi connectivity index (χ3v) is 8.76. The van der Waals surface area contributed by atoms with Crippen molar-refractivity contribution in [1.82, 2.24) is 14.5 Å². The van der Waals surface area contributed by atoms with Gasteiger partial charge in [-0.1, -0.05) is 0 Å². The monoisotopic (exact) mass is 689 g/mol. The second-order valence-corrected chi connectivity index (χ2v) is 12.0. The second kappa shape index (κ2) is 15.6. The van der Waals surface area contributed by atoms with Gasteiger partial charge >= 0.3 is 64.8 Å². The SMILES string of the molecule is O=C1C=CC(=O)N1CC1OC(OP(=O)([O-])OP(=O)([O-])OCC2OC(n3ccc(=O)[nH]c3=O)C(O)C2O)C(O)C(O)C1O.[Na+].[Na+]. The van der Waals surface area contributed by atoms with Crippen LogP contribution in [0.1, 0.15) is 6.23 Å². The number of aromatic amines is 1. The van der Waals surface area contributed by atoms with Crippen LogP contribution in [0.2, 0.25) is 0 Å². The molecule has 0 spiro atoms. The topological polar surface area (TPSA) is 320 Å². The Kier molecular flexibility index (Phi) is 14.1. The first-order valence-electron chi connectivity index (χ1n) is 11.7. The van der Waals surface area contributed by atoms with E-state index in [4.69, 9.17) is 9.47 Å².